The lowest BCUT2D eigenvalue weighted by atomic mass is 10.0. The highest BCUT2D eigenvalue weighted by Gasteiger charge is 2.15. The molecule has 0 unspecified atom stereocenters. The third kappa shape index (κ3) is 2.02. The third-order valence-electron chi connectivity index (χ3n) is 3.09. The van der Waals surface area contributed by atoms with Gasteiger partial charge in [0.2, 0.25) is 0 Å². The smallest absolute Gasteiger partial charge is 0.144 e. The molecular weight excluding hydrogens is 316 g/mol. The first-order valence-corrected chi connectivity index (χ1v) is 6.78. The molecule has 20 heavy (non-hydrogen) atoms. The van der Waals surface area contributed by atoms with E-state index in [0.29, 0.717) is 16.6 Å². The maximum absolute atomic E-state index is 10.3. The monoisotopic (exact) mass is 324 g/mol. The van der Waals surface area contributed by atoms with Crippen molar-refractivity contribution in [3.8, 4) is 23.1 Å². The van der Waals surface area contributed by atoms with Crippen LogP contribution in [0.4, 0.5) is 0 Å². The van der Waals surface area contributed by atoms with Crippen molar-refractivity contribution in [2.45, 2.75) is 0 Å². The quantitative estimate of drug-likeness (QED) is 0.728. The summed E-state index contributed by atoms with van der Waals surface area (Å²) in [5, 5.41) is 20.2. The molecule has 1 heterocycles. The van der Waals surface area contributed by atoms with Gasteiger partial charge in [-0.3, -0.25) is 0 Å². The number of rotatable bonds is 1. The van der Waals surface area contributed by atoms with Gasteiger partial charge in [0, 0.05) is 15.4 Å². The largest absolute Gasteiger partial charge is 0.506 e. The van der Waals surface area contributed by atoms with Gasteiger partial charge < -0.3 is 5.11 Å². The Morgan fingerprint density at radius 3 is 2.45 bits per heavy atom. The van der Waals surface area contributed by atoms with E-state index in [0.717, 1.165) is 10.0 Å². The molecule has 96 valence electrons. The molecule has 0 saturated heterocycles. The van der Waals surface area contributed by atoms with E-state index in [4.69, 9.17) is 0 Å². The van der Waals surface area contributed by atoms with Crippen LogP contribution in [0.5, 0.6) is 5.75 Å². The molecule has 0 bridgehead atoms. The minimum absolute atomic E-state index is 0.0176. The van der Waals surface area contributed by atoms with Crippen LogP contribution in [0.2, 0.25) is 0 Å². The van der Waals surface area contributed by atoms with Gasteiger partial charge in [-0.15, -0.1) is 0 Å². The summed E-state index contributed by atoms with van der Waals surface area (Å²) in [5.74, 6) is -0.0176. The molecule has 4 heteroatoms. The fourth-order valence-electron chi connectivity index (χ4n) is 2.12. The molecule has 3 aromatic rings. The lowest BCUT2D eigenvalue weighted by Gasteiger charge is -2.08. The predicted octanol–water partition coefficient (Wildman–Crippen LogP) is 4.24. The van der Waals surface area contributed by atoms with E-state index in [1.54, 1.807) is 6.07 Å². The van der Waals surface area contributed by atoms with Crippen molar-refractivity contribution in [1.82, 2.24) is 4.98 Å². The van der Waals surface area contributed by atoms with Crippen molar-refractivity contribution in [1.29, 1.82) is 5.26 Å². The molecule has 0 radical (unpaired) electrons. The number of nitriles is 1. The van der Waals surface area contributed by atoms with Crippen molar-refractivity contribution in [3.63, 3.8) is 0 Å². The van der Waals surface area contributed by atoms with E-state index in [1.165, 1.54) is 0 Å². The Labute approximate surface area is 124 Å². The van der Waals surface area contributed by atoms with E-state index in [2.05, 4.69) is 20.9 Å². The molecule has 2 aromatic carbocycles. The van der Waals surface area contributed by atoms with Gasteiger partial charge in [-0.1, -0.05) is 40.2 Å². The van der Waals surface area contributed by atoms with Gasteiger partial charge in [0.1, 0.15) is 17.4 Å². The van der Waals surface area contributed by atoms with Gasteiger partial charge in [-0.25, -0.2) is 4.98 Å². The van der Waals surface area contributed by atoms with E-state index >= 15 is 0 Å². The first-order chi connectivity index (χ1) is 9.70. The van der Waals surface area contributed by atoms with Crippen LogP contribution in [0.1, 0.15) is 5.56 Å². The molecular formula is C16H9BrN2O. The van der Waals surface area contributed by atoms with Crippen molar-refractivity contribution in [2.24, 2.45) is 0 Å². The molecule has 3 nitrogen and oxygen atoms in total. The zero-order chi connectivity index (χ0) is 14.1. The van der Waals surface area contributed by atoms with E-state index < -0.39 is 0 Å². The molecule has 0 aliphatic rings. The molecule has 0 spiro atoms. The van der Waals surface area contributed by atoms with Gasteiger partial charge in [0.15, 0.2) is 0 Å². The number of halogens is 1. The Hall–Kier alpha value is -2.38. The Morgan fingerprint density at radius 2 is 1.75 bits per heavy atom. The van der Waals surface area contributed by atoms with Crippen LogP contribution >= 0.6 is 15.9 Å². The number of aromatic nitrogens is 1. The standard InChI is InChI=1S/C16H9BrN2O/c17-11-7-5-10(6-8-11)15-13(9-18)16(20)12-3-1-2-4-14(12)19-15/h1-8H,(H,19,20). The number of fused-ring (bicyclic) bond motifs is 1. The second-order valence-corrected chi connectivity index (χ2v) is 5.24. The van der Waals surface area contributed by atoms with Crippen LogP contribution in [0.3, 0.4) is 0 Å². The van der Waals surface area contributed by atoms with Crippen molar-refractivity contribution in [2.75, 3.05) is 0 Å². The molecule has 0 saturated carbocycles. The number of benzene rings is 2. The molecule has 1 N–H and O–H groups in total. The Balaban J connectivity index is 2.35. The summed E-state index contributed by atoms with van der Waals surface area (Å²) in [6.45, 7) is 0. The van der Waals surface area contributed by atoms with Gasteiger partial charge in [0.05, 0.1) is 11.2 Å². The first-order valence-electron chi connectivity index (χ1n) is 5.98. The first kappa shape index (κ1) is 12.6. The SMILES string of the molecule is N#Cc1c(-c2ccc(Br)cc2)nc2ccccc2c1O. The second kappa shape index (κ2) is 4.95. The molecule has 0 atom stereocenters. The maximum atomic E-state index is 10.3. The highest BCUT2D eigenvalue weighted by atomic mass is 79.9. The molecule has 3 rings (SSSR count). The molecule has 0 aliphatic carbocycles. The lowest BCUT2D eigenvalue weighted by molar-refractivity contribution is 0.479. The normalized spacial score (nSPS) is 10.4. The number of nitrogens with zero attached hydrogens (tertiary/aromatic N) is 2. The number of para-hydroxylation sites is 1. The number of pyridine rings is 1. The maximum Gasteiger partial charge on any atom is 0.144 e. The molecule has 0 fully saturated rings. The highest BCUT2D eigenvalue weighted by Crippen LogP contribution is 2.34. The van der Waals surface area contributed by atoms with Crippen LogP contribution in [0, 0.1) is 11.3 Å². The minimum Gasteiger partial charge on any atom is -0.506 e. The van der Waals surface area contributed by atoms with E-state index in [9.17, 15) is 10.4 Å². The topological polar surface area (TPSA) is 56.9 Å². The Morgan fingerprint density at radius 1 is 1.05 bits per heavy atom. The number of hydrogen-bond acceptors (Lipinski definition) is 3. The lowest BCUT2D eigenvalue weighted by Crippen LogP contribution is -1.92. The average Bonchev–Trinajstić information content (AvgIpc) is 2.48. The molecule has 0 amide bonds. The van der Waals surface area contributed by atoms with E-state index in [-0.39, 0.29) is 11.3 Å². The summed E-state index contributed by atoms with van der Waals surface area (Å²) in [7, 11) is 0. The van der Waals surface area contributed by atoms with Crippen molar-refractivity contribution >= 4 is 26.8 Å². The average molecular weight is 325 g/mol. The summed E-state index contributed by atoms with van der Waals surface area (Å²) < 4.78 is 0.949. The summed E-state index contributed by atoms with van der Waals surface area (Å²) in [4.78, 5) is 4.51. The summed E-state index contributed by atoms with van der Waals surface area (Å²) >= 11 is 3.37. The third-order valence-corrected chi connectivity index (χ3v) is 3.62. The van der Waals surface area contributed by atoms with Crippen molar-refractivity contribution < 1.29 is 5.11 Å². The fraction of sp³-hybridized carbons (Fsp3) is 0. The summed E-state index contributed by atoms with van der Waals surface area (Å²) in [6, 6.07) is 16.8. The van der Waals surface area contributed by atoms with Gasteiger partial charge in [-0.05, 0) is 24.3 Å². The van der Waals surface area contributed by atoms with Crippen molar-refractivity contribution in [3.05, 3.63) is 58.6 Å². The van der Waals surface area contributed by atoms with Crippen LogP contribution in [0.15, 0.2) is 53.0 Å². The number of aromatic hydroxyl groups is 1. The minimum atomic E-state index is -0.0176. The van der Waals surface area contributed by atoms with Gasteiger partial charge in [-0.2, -0.15) is 5.26 Å². The fourth-order valence-corrected chi connectivity index (χ4v) is 2.38. The highest BCUT2D eigenvalue weighted by molar-refractivity contribution is 9.10. The summed E-state index contributed by atoms with van der Waals surface area (Å²) in [6.07, 6.45) is 0. The summed E-state index contributed by atoms with van der Waals surface area (Å²) in [5.41, 5.74) is 2.16. The van der Waals surface area contributed by atoms with Crippen LogP contribution in [0.25, 0.3) is 22.2 Å². The molecule has 0 aliphatic heterocycles. The predicted molar refractivity (Wildman–Crippen MR) is 81.3 cm³/mol. The number of hydrogen-bond donors (Lipinski definition) is 1. The Bertz CT molecular complexity index is 835. The zero-order valence-electron chi connectivity index (χ0n) is 10.3. The van der Waals surface area contributed by atoms with Crippen LogP contribution < -0.4 is 0 Å². The van der Waals surface area contributed by atoms with Crippen LogP contribution in [-0.4, -0.2) is 10.1 Å². The Kier molecular flexibility index (Phi) is 3.13. The zero-order valence-corrected chi connectivity index (χ0v) is 11.9. The van der Waals surface area contributed by atoms with Gasteiger partial charge >= 0.3 is 0 Å². The van der Waals surface area contributed by atoms with E-state index in [1.807, 2.05) is 48.5 Å². The van der Waals surface area contributed by atoms with Gasteiger partial charge in [0.25, 0.3) is 0 Å². The molecule has 1 aromatic heterocycles. The van der Waals surface area contributed by atoms with Crippen LogP contribution in [-0.2, 0) is 0 Å². The second-order valence-electron chi connectivity index (χ2n) is 4.32.